The zero-order valence-corrected chi connectivity index (χ0v) is 11.0. The maximum absolute atomic E-state index is 12.4. The average Bonchev–Trinajstić information content (AvgIpc) is 2.31. The lowest BCUT2D eigenvalue weighted by Gasteiger charge is -2.26. The highest BCUT2D eigenvalue weighted by Crippen LogP contribution is 2.17. The summed E-state index contributed by atoms with van der Waals surface area (Å²) in [5.41, 5.74) is 5.51. The topological polar surface area (TPSA) is 72.6 Å². The first-order valence-electron chi connectivity index (χ1n) is 5.89. The van der Waals surface area contributed by atoms with E-state index in [0.29, 0.717) is 17.7 Å². The van der Waals surface area contributed by atoms with Gasteiger partial charge in [0, 0.05) is 6.54 Å². The van der Waals surface area contributed by atoms with Crippen LogP contribution in [0.5, 0.6) is 0 Å². The van der Waals surface area contributed by atoms with Crippen molar-refractivity contribution in [1.82, 2.24) is 4.90 Å². The molecule has 1 amide bonds. The van der Waals surface area contributed by atoms with Gasteiger partial charge in [-0.2, -0.15) is 13.2 Å². The molecule has 0 saturated heterocycles. The molecule has 0 saturated carbocycles. The minimum atomic E-state index is -4.53. The highest BCUT2D eigenvalue weighted by Gasteiger charge is 2.34. The Morgan fingerprint density at radius 1 is 1.37 bits per heavy atom. The van der Waals surface area contributed by atoms with Gasteiger partial charge in [-0.05, 0) is 6.42 Å². The summed E-state index contributed by atoms with van der Waals surface area (Å²) >= 11 is 0. The second-order valence-corrected chi connectivity index (χ2v) is 4.10. The standard InChI is InChI=1S/C11H19F3N2O3/c1-3-4-8(15)10(18)16(7-11(12,13)14)6-5-9(17)19-2/h8H,3-7,15H2,1-2H3. The highest BCUT2D eigenvalue weighted by molar-refractivity contribution is 5.82. The average molecular weight is 284 g/mol. The second-order valence-electron chi connectivity index (χ2n) is 4.10. The molecule has 1 atom stereocenters. The summed E-state index contributed by atoms with van der Waals surface area (Å²) in [6, 6.07) is -0.981. The van der Waals surface area contributed by atoms with Gasteiger partial charge in [0.25, 0.3) is 0 Å². The second kappa shape index (κ2) is 7.98. The Morgan fingerprint density at radius 3 is 2.37 bits per heavy atom. The van der Waals surface area contributed by atoms with E-state index < -0.39 is 30.6 Å². The number of carbonyl (C=O) groups is 2. The van der Waals surface area contributed by atoms with E-state index in [-0.39, 0.29) is 13.0 Å². The molecule has 5 nitrogen and oxygen atoms in total. The number of halogens is 3. The molecule has 0 aliphatic rings. The fourth-order valence-corrected chi connectivity index (χ4v) is 1.48. The van der Waals surface area contributed by atoms with Crippen molar-refractivity contribution in [1.29, 1.82) is 0 Å². The first-order chi connectivity index (χ1) is 8.71. The number of amides is 1. The van der Waals surface area contributed by atoms with Gasteiger partial charge in [0.15, 0.2) is 0 Å². The van der Waals surface area contributed by atoms with Crippen molar-refractivity contribution >= 4 is 11.9 Å². The van der Waals surface area contributed by atoms with E-state index in [1.807, 2.05) is 0 Å². The molecule has 0 bridgehead atoms. The number of ether oxygens (including phenoxy) is 1. The molecule has 0 rings (SSSR count). The zero-order chi connectivity index (χ0) is 15.1. The number of rotatable bonds is 7. The molecule has 0 aliphatic heterocycles. The van der Waals surface area contributed by atoms with Gasteiger partial charge in [0.2, 0.25) is 5.91 Å². The van der Waals surface area contributed by atoms with Gasteiger partial charge < -0.3 is 15.4 Å². The Hall–Kier alpha value is -1.31. The van der Waals surface area contributed by atoms with Gasteiger partial charge in [-0.3, -0.25) is 9.59 Å². The molecule has 0 radical (unpaired) electrons. The number of hydrogen-bond donors (Lipinski definition) is 1. The van der Waals surface area contributed by atoms with Gasteiger partial charge in [0.05, 0.1) is 19.6 Å². The molecular formula is C11H19F3N2O3. The fraction of sp³-hybridized carbons (Fsp3) is 0.818. The number of esters is 1. The molecule has 0 aromatic carbocycles. The van der Waals surface area contributed by atoms with Crippen LogP contribution in [0.25, 0.3) is 0 Å². The van der Waals surface area contributed by atoms with Crippen LogP contribution in [-0.2, 0) is 14.3 Å². The van der Waals surface area contributed by atoms with E-state index >= 15 is 0 Å². The lowest BCUT2D eigenvalue weighted by molar-refractivity contribution is -0.163. The van der Waals surface area contributed by atoms with Crippen LogP contribution in [0, 0.1) is 0 Å². The van der Waals surface area contributed by atoms with Gasteiger partial charge in [-0.15, -0.1) is 0 Å². The van der Waals surface area contributed by atoms with Crippen LogP contribution < -0.4 is 5.73 Å². The molecule has 0 fully saturated rings. The van der Waals surface area contributed by atoms with Crippen LogP contribution in [0.3, 0.4) is 0 Å². The molecule has 0 heterocycles. The van der Waals surface area contributed by atoms with Crippen molar-refractivity contribution in [3.8, 4) is 0 Å². The quantitative estimate of drug-likeness (QED) is 0.710. The fourth-order valence-electron chi connectivity index (χ4n) is 1.48. The minimum Gasteiger partial charge on any atom is -0.469 e. The molecule has 2 N–H and O–H groups in total. The van der Waals surface area contributed by atoms with Crippen molar-refractivity contribution in [2.75, 3.05) is 20.2 Å². The van der Waals surface area contributed by atoms with E-state index in [1.54, 1.807) is 6.92 Å². The van der Waals surface area contributed by atoms with Crippen molar-refractivity contribution in [3.63, 3.8) is 0 Å². The number of nitrogens with zero attached hydrogens (tertiary/aromatic N) is 1. The van der Waals surface area contributed by atoms with E-state index in [0.717, 1.165) is 7.11 Å². The van der Waals surface area contributed by atoms with Gasteiger partial charge in [0.1, 0.15) is 6.54 Å². The maximum Gasteiger partial charge on any atom is 0.406 e. The molecule has 0 aromatic rings. The van der Waals surface area contributed by atoms with E-state index in [9.17, 15) is 22.8 Å². The Kier molecular flexibility index (Phi) is 7.43. The predicted octanol–water partition coefficient (Wildman–Crippen LogP) is 1.07. The Bertz CT molecular complexity index is 308. The molecule has 0 aliphatic carbocycles. The third-order valence-corrected chi connectivity index (χ3v) is 2.41. The van der Waals surface area contributed by atoms with Crippen molar-refractivity contribution < 1.29 is 27.5 Å². The number of alkyl halides is 3. The van der Waals surface area contributed by atoms with Crippen molar-refractivity contribution in [3.05, 3.63) is 0 Å². The summed E-state index contributed by atoms with van der Waals surface area (Å²) in [6.07, 6.45) is -3.94. The summed E-state index contributed by atoms with van der Waals surface area (Å²) in [5.74, 6) is -1.48. The monoisotopic (exact) mass is 284 g/mol. The lowest BCUT2D eigenvalue weighted by atomic mass is 10.1. The summed E-state index contributed by atoms with van der Waals surface area (Å²) in [5, 5.41) is 0. The number of nitrogens with two attached hydrogens (primary N) is 1. The van der Waals surface area contributed by atoms with Crippen LogP contribution in [-0.4, -0.2) is 49.2 Å². The minimum absolute atomic E-state index is 0.294. The van der Waals surface area contributed by atoms with Crippen molar-refractivity contribution in [2.24, 2.45) is 5.73 Å². The molecule has 112 valence electrons. The van der Waals surface area contributed by atoms with Crippen LogP contribution in [0.1, 0.15) is 26.2 Å². The number of carbonyl (C=O) groups excluding carboxylic acids is 2. The van der Waals surface area contributed by atoms with Gasteiger partial charge in [-0.25, -0.2) is 0 Å². The summed E-state index contributed by atoms with van der Waals surface area (Å²) in [6.45, 7) is -0.00163. The third kappa shape index (κ3) is 7.66. The number of methoxy groups -OCH3 is 1. The molecule has 8 heteroatoms. The van der Waals surface area contributed by atoms with Crippen LogP contribution in [0.2, 0.25) is 0 Å². The highest BCUT2D eigenvalue weighted by atomic mass is 19.4. The maximum atomic E-state index is 12.4. The first-order valence-corrected chi connectivity index (χ1v) is 5.89. The Morgan fingerprint density at radius 2 is 1.95 bits per heavy atom. The first kappa shape index (κ1) is 17.7. The van der Waals surface area contributed by atoms with Crippen LogP contribution in [0.4, 0.5) is 13.2 Å². The van der Waals surface area contributed by atoms with E-state index in [1.165, 1.54) is 0 Å². The smallest absolute Gasteiger partial charge is 0.406 e. The summed E-state index contributed by atoms with van der Waals surface area (Å²) < 4.78 is 41.4. The lowest BCUT2D eigenvalue weighted by Crippen LogP contribution is -2.48. The van der Waals surface area contributed by atoms with Crippen LogP contribution >= 0.6 is 0 Å². The largest absolute Gasteiger partial charge is 0.469 e. The van der Waals surface area contributed by atoms with Gasteiger partial charge >= 0.3 is 12.1 Å². The van der Waals surface area contributed by atoms with E-state index in [2.05, 4.69) is 4.74 Å². The number of hydrogen-bond acceptors (Lipinski definition) is 4. The molecule has 1 unspecified atom stereocenters. The summed E-state index contributed by atoms with van der Waals surface area (Å²) in [7, 11) is 1.13. The SMILES string of the molecule is CCCC(N)C(=O)N(CCC(=O)OC)CC(F)(F)F. The molecule has 19 heavy (non-hydrogen) atoms. The molecular weight excluding hydrogens is 265 g/mol. The van der Waals surface area contributed by atoms with Crippen molar-refractivity contribution in [2.45, 2.75) is 38.4 Å². The summed E-state index contributed by atoms with van der Waals surface area (Å²) in [4.78, 5) is 23.2. The Labute approximate surface area is 109 Å². The van der Waals surface area contributed by atoms with Crippen LogP contribution in [0.15, 0.2) is 0 Å². The normalized spacial score (nSPS) is 12.9. The van der Waals surface area contributed by atoms with Gasteiger partial charge in [-0.1, -0.05) is 13.3 Å². The Balaban J connectivity index is 4.65. The van der Waals surface area contributed by atoms with E-state index in [4.69, 9.17) is 5.73 Å². The third-order valence-electron chi connectivity index (χ3n) is 2.41. The predicted molar refractivity (Wildman–Crippen MR) is 62.2 cm³/mol. The zero-order valence-electron chi connectivity index (χ0n) is 11.0. The molecule has 0 spiro atoms. The molecule has 0 aromatic heterocycles.